The van der Waals surface area contributed by atoms with Gasteiger partial charge < -0.3 is 29.2 Å². The Morgan fingerprint density at radius 3 is 2.29 bits per heavy atom. The van der Waals surface area contributed by atoms with Gasteiger partial charge >= 0.3 is 5.97 Å². The lowest BCUT2D eigenvalue weighted by molar-refractivity contribution is -0.145. The molecule has 28 heavy (non-hydrogen) atoms. The Labute approximate surface area is 166 Å². The molecule has 0 saturated carbocycles. The normalized spacial score (nSPS) is 19.4. The number of hydrogen-bond acceptors (Lipinski definition) is 6. The number of nitrogens with zero attached hydrogens (tertiary/aromatic N) is 2. The number of aliphatic imine (C=N–C) groups is 1. The van der Waals surface area contributed by atoms with Crippen molar-refractivity contribution in [3.63, 3.8) is 0 Å². The molecule has 156 valence electrons. The van der Waals surface area contributed by atoms with Crippen molar-refractivity contribution in [2.45, 2.75) is 20.4 Å². The van der Waals surface area contributed by atoms with E-state index in [1.54, 1.807) is 21.3 Å². The molecule has 8 heteroatoms. The largest absolute Gasteiger partial charge is 0.493 e. The summed E-state index contributed by atoms with van der Waals surface area (Å²) >= 11 is 0. The molecule has 1 aliphatic rings. The fourth-order valence-electron chi connectivity index (χ4n) is 3.42. The highest BCUT2D eigenvalue weighted by Gasteiger charge is 2.36. The lowest BCUT2D eigenvalue weighted by atomic mass is 9.99. The summed E-state index contributed by atoms with van der Waals surface area (Å²) in [5, 5.41) is 3.31. The molecule has 1 N–H and O–H groups in total. The molecule has 1 saturated heterocycles. The van der Waals surface area contributed by atoms with Crippen LogP contribution in [0.1, 0.15) is 19.4 Å². The molecule has 0 aliphatic carbocycles. The zero-order valence-corrected chi connectivity index (χ0v) is 17.6. The molecule has 0 amide bonds. The van der Waals surface area contributed by atoms with Crippen molar-refractivity contribution < 1.29 is 23.7 Å². The van der Waals surface area contributed by atoms with E-state index in [9.17, 15) is 4.79 Å². The minimum Gasteiger partial charge on any atom is -0.493 e. The summed E-state index contributed by atoms with van der Waals surface area (Å²) in [5.41, 5.74) is 0.932. The van der Waals surface area contributed by atoms with Gasteiger partial charge in [-0.25, -0.2) is 4.99 Å². The quantitative estimate of drug-likeness (QED) is 0.431. The van der Waals surface area contributed by atoms with Gasteiger partial charge in [-0.1, -0.05) is 6.92 Å². The van der Waals surface area contributed by atoms with Crippen molar-refractivity contribution in [2.24, 2.45) is 16.8 Å². The van der Waals surface area contributed by atoms with Crippen LogP contribution in [0.25, 0.3) is 0 Å². The van der Waals surface area contributed by atoms with Crippen molar-refractivity contribution >= 4 is 11.9 Å². The minimum absolute atomic E-state index is 0.143. The fraction of sp³-hybridized carbons (Fsp3) is 0.600. The van der Waals surface area contributed by atoms with E-state index in [1.807, 2.05) is 19.1 Å². The van der Waals surface area contributed by atoms with E-state index in [-0.39, 0.29) is 17.8 Å². The molecule has 8 nitrogen and oxygen atoms in total. The van der Waals surface area contributed by atoms with E-state index in [0.717, 1.165) is 24.6 Å². The molecular formula is C20H31N3O5. The topological polar surface area (TPSA) is 81.6 Å². The summed E-state index contributed by atoms with van der Waals surface area (Å²) in [4.78, 5) is 18.8. The summed E-state index contributed by atoms with van der Waals surface area (Å²) in [5.74, 6) is 2.41. The van der Waals surface area contributed by atoms with Crippen LogP contribution in [0.4, 0.5) is 0 Å². The summed E-state index contributed by atoms with van der Waals surface area (Å²) < 4.78 is 21.1. The Morgan fingerprint density at radius 2 is 1.79 bits per heavy atom. The molecule has 2 unspecified atom stereocenters. The van der Waals surface area contributed by atoms with Gasteiger partial charge in [0.1, 0.15) is 0 Å². The van der Waals surface area contributed by atoms with Crippen molar-refractivity contribution in [3.05, 3.63) is 17.7 Å². The number of likely N-dealkylation sites (tertiary alicyclic amines) is 1. The summed E-state index contributed by atoms with van der Waals surface area (Å²) in [6.07, 6.45) is 0. The van der Waals surface area contributed by atoms with E-state index < -0.39 is 0 Å². The molecule has 0 aromatic heterocycles. The average molecular weight is 393 g/mol. The van der Waals surface area contributed by atoms with Crippen LogP contribution in [-0.2, 0) is 16.1 Å². The van der Waals surface area contributed by atoms with Gasteiger partial charge in [-0.15, -0.1) is 0 Å². The Balaban J connectivity index is 2.22. The van der Waals surface area contributed by atoms with Crippen LogP contribution < -0.4 is 19.5 Å². The Kier molecular flexibility index (Phi) is 7.78. The van der Waals surface area contributed by atoms with Crippen molar-refractivity contribution in [3.8, 4) is 17.2 Å². The maximum Gasteiger partial charge on any atom is 0.310 e. The number of methoxy groups -OCH3 is 4. The fourth-order valence-corrected chi connectivity index (χ4v) is 3.42. The lowest BCUT2D eigenvalue weighted by Crippen LogP contribution is -2.40. The Morgan fingerprint density at radius 1 is 1.14 bits per heavy atom. The molecule has 1 aromatic carbocycles. The summed E-state index contributed by atoms with van der Waals surface area (Å²) in [6.45, 7) is 6.60. The zero-order chi connectivity index (χ0) is 20.7. The van der Waals surface area contributed by atoms with Gasteiger partial charge in [0.2, 0.25) is 5.75 Å². The molecule has 2 atom stereocenters. The molecule has 1 aliphatic heterocycles. The Hall–Kier alpha value is -2.64. The molecule has 0 spiro atoms. The molecule has 2 rings (SSSR count). The molecule has 1 fully saturated rings. The maximum atomic E-state index is 12.0. The molecule has 1 aromatic rings. The van der Waals surface area contributed by atoms with Crippen LogP contribution in [0, 0.1) is 11.8 Å². The van der Waals surface area contributed by atoms with Gasteiger partial charge in [0.25, 0.3) is 0 Å². The van der Waals surface area contributed by atoms with Crippen LogP contribution >= 0.6 is 0 Å². The predicted octanol–water partition coefficient (Wildman–Crippen LogP) is 1.92. The highest BCUT2D eigenvalue weighted by molar-refractivity contribution is 5.82. The second kappa shape index (κ2) is 10.1. The molecule has 0 radical (unpaired) electrons. The maximum absolute atomic E-state index is 12.0. The first-order chi connectivity index (χ1) is 13.5. The number of carbonyl (C=O) groups excluding carboxylic acids is 1. The Bertz CT molecular complexity index is 682. The van der Waals surface area contributed by atoms with Crippen LogP contribution in [0.5, 0.6) is 17.2 Å². The third-order valence-electron chi connectivity index (χ3n) is 4.89. The van der Waals surface area contributed by atoms with Gasteiger partial charge in [-0.05, 0) is 30.5 Å². The van der Waals surface area contributed by atoms with Gasteiger partial charge in [0.15, 0.2) is 17.5 Å². The number of benzene rings is 1. The third kappa shape index (κ3) is 4.79. The van der Waals surface area contributed by atoms with E-state index in [1.165, 1.54) is 7.11 Å². The van der Waals surface area contributed by atoms with E-state index in [4.69, 9.17) is 23.9 Å². The SMILES string of the molecule is CCNC(=NCc1cc(OC)c(OC)c(OC)c1)N1CC(C)C(C(=O)OC)C1. The third-order valence-corrected chi connectivity index (χ3v) is 4.89. The second-order valence-corrected chi connectivity index (χ2v) is 6.72. The van der Waals surface area contributed by atoms with Crippen molar-refractivity contribution in [2.75, 3.05) is 48.1 Å². The summed E-state index contributed by atoms with van der Waals surface area (Å²) in [7, 11) is 6.19. The monoisotopic (exact) mass is 393 g/mol. The number of nitrogens with one attached hydrogen (secondary N) is 1. The van der Waals surface area contributed by atoms with Crippen LogP contribution in [-0.4, -0.2) is 64.9 Å². The molecule has 0 bridgehead atoms. The van der Waals surface area contributed by atoms with Crippen molar-refractivity contribution in [1.29, 1.82) is 0 Å². The number of hydrogen-bond donors (Lipinski definition) is 1. The smallest absolute Gasteiger partial charge is 0.310 e. The summed E-state index contributed by atoms with van der Waals surface area (Å²) in [6, 6.07) is 3.77. The second-order valence-electron chi connectivity index (χ2n) is 6.72. The predicted molar refractivity (Wildman–Crippen MR) is 107 cm³/mol. The highest BCUT2D eigenvalue weighted by Crippen LogP contribution is 2.38. The first-order valence-corrected chi connectivity index (χ1v) is 9.38. The number of guanidine groups is 1. The minimum atomic E-state index is -0.171. The van der Waals surface area contributed by atoms with E-state index in [2.05, 4.69) is 17.1 Å². The van der Waals surface area contributed by atoms with Crippen LogP contribution in [0.3, 0.4) is 0 Å². The van der Waals surface area contributed by atoms with E-state index >= 15 is 0 Å². The van der Waals surface area contributed by atoms with E-state index in [0.29, 0.717) is 30.3 Å². The highest BCUT2D eigenvalue weighted by atomic mass is 16.5. The van der Waals surface area contributed by atoms with Gasteiger partial charge in [-0.2, -0.15) is 0 Å². The molecule has 1 heterocycles. The molecular weight excluding hydrogens is 362 g/mol. The standard InChI is InChI=1S/C20H31N3O5/c1-7-21-20(23-11-13(2)15(12-23)19(24)28-6)22-10-14-8-16(25-3)18(27-5)17(9-14)26-4/h8-9,13,15H,7,10-12H2,1-6H3,(H,21,22). The average Bonchev–Trinajstić information content (AvgIpc) is 3.10. The number of carbonyl (C=O) groups is 1. The van der Waals surface area contributed by atoms with Crippen molar-refractivity contribution in [1.82, 2.24) is 10.2 Å². The van der Waals surface area contributed by atoms with Gasteiger partial charge in [-0.3, -0.25) is 4.79 Å². The number of esters is 1. The first kappa shape index (κ1) is 21.7. The van der Waals surface area contributed by atoms with Gasteiger partial charge in [0, 0.05) is 19.6 Å². The first-order valence-electron chi connectivity index (χ1n) is 9.38. The number of ether oxygens (including phenoxy) is 4. The van der Waals surface area contributed by atoms with Gasteiger partial charge in [0.05, 0.1) is 40.9 Å². The van der Waals surface area contributed by atoms with Crippen LogP contribution in [0.15, 0.2) is 17.1 Å². The zero-order valence-electron chi connectivity index (χ0n) is 17.6. The number of rotatable bonds is 7. The lowest BCUT2D eigenvalue weighted by Gasteiger charge is -2.21. The van der Waals surface area contributed by atoms with Crippen LogP contribution in [0.2, 0.25) is 0 Å².